The molecule has 0 saturated carbocycles. The van der Waals surface area contributed by atoms with Gasteiger partial charge in [0.2, 0.25) is 5.91 Å². The number of carbonyl (C=O) groups is 1. The number of halogens is 3. The average Bonchev–Trinajstić information content (AvgIpc) is 3.42. The van der Waals surface area contributed by atoms with E-state index in [0.717, 1.165) is 53.1 Å². The Morgan fingerprint density at radius 3 is 2.52 bits per heavy atom. The van der Waals surface area contributed by atoms with E-state index in [1.54, 1.807) is 16.2 Å². The van der Waals surface area contributed by atoms with Crippen LogP contribution in [-0.4, -0.2) is 62.5 Å². The molecule has 4 heterocycles. The molecule has 2 aromatic rings. The number of likely N-dealkylation sites (tertiary alicyclic amines) is 1. The highest BCUT2D eigenvalue weighted by Gasteiger charge is 2.35. The van der Waals surface area contributed by atoms with Crippen molar-refractivity contribution < 1.29 is 18.0 Å². The molecule has 2 aliphatic rings. The van der Waals surface area contributed by atoms with Crippen LogP contribution < -0.4 is 0 Å². The Labute approximate surface area is 195 Å². The summed E-state index contributed by atoms with van der Waals surface area (Å²) >= 11 is 1.63. The molecule has 7 nitrogen and oxygen atoms in total. The van der Waals surface area contributed by atoms with Crippen LogP contribution in [0.5, 0.6) is 0 Å². The lowest BCUT2D eigenvalue weighted by molar-refractivity contribution is -0.142. The number of hydrogen-bond donors (Lipinski definition) is 0. The van der Waals surface area contributed by atoms with E-state index in [1.165, 1.54) is 26.2 Å². The lowest BCUT2D eigenvalue weighted by Gasteiger charge is -2.31. The van der Waals surface area contributed by atoms with Crippen molar-refractivity contribution in [2.75, 3.05) is 26.2 Å². The normalized spacial score (nSPS) is 18.8. The highest BCUT2D eigenvalue weighted by atomic mass is 32.1. The number of thiazole rings is 1. The quantitative estimate of drug-likeness (QED) is 0.597. The van der Waals surface area contributed by atoms with Crippen LogP contribution in [0.4, 0.5) is 13.2 Å². The maximum absolute atomic E-state index is 12.9. The number of rotatable bonds is 5. The number of amides is 1. The van der Waals surface area contributed by atoms with Crippen LogP contribution in [0.25, 0.3) is 0 Å². The fourth-order valence-electron chi connectivity index (χ4n) is 4.29. The van der Waals surface area contributed by atoms with E-state index in [2.05, 4.69) is 10.1 Å². The van der Waals surface area contributed by atoms with Crippen LogP contribution in [0.2, 0.25) is 0 Å². The fraction of sp³-hybridized carbons (Fsp3) is 0.636. The summed E-state index contributed by atoms with van der Waals surface area (Å²) in [6, 6.07) is 0.968. The smallest absolute Gasteiger partial charge is 0.341 e. The number of nitrogens with zero attached hydrogens (tertiary/aromatic N) is 6. The van der Waals surface area contributed by atoms with Gasteiger partial charge in [-0.1, -0.05) is 0 Å². The number of hydrazone groups is 1. The molecule has 33 heavy (non-hydrogen) atoms. The van der Waals surface area contributed by atoms with Crippen LogP contribution in [0.1, 0.15) is 67.0 Å². The second-order valence-electron chi connectivity index (χ2n) is 8.75. The van der Waals surface area contributed by atoms with E-state index in [-0.39, 0.29) is 18.4 Å². The van der Waals surface area contributed by atoms with Crippen LogP contribution in [-0.2, 0) is 17.5 Å². The molecule has 0 spiro atoms. The molecular weight excluding hydrogens is 453 g/mol. The van der Waals surface area contributed by atoms with Crippen molar-refractivity contribution in [2.24, 2.45) is 5.10 Å². The predicted octanol–water partition coefficient (Wildman–Crippen LogP) is 4.28. The van der Waals surface area contributed by atoms with E-state index >= 15 is 0 Å². The van der Waals surface area contributed by atoms with E-state index in [1.807, 2.05) is 12.3 Å². The second kappa shape index (κ2) is 9.82. The van der Waals surface area contributed by atoms with Crippen molar-refractivity contribution in [1.82, 2.24) is 24.7 Å². The molecule has 0 radical (unpaired) electrons. The molecule has 0 N–H and O–H groups in total. The summed E-state index contributed by atoms with van der Waals surface area (Å²) in [6.45, 7) is 6.46. The van der Waals surface area contributed by atoms with Crippen molar-refractivity contribution in [3.05, 3.63) is 33.5 Å². The molecule has 0 atom stereocenters. The van der Waals surface area contributed by atoms with Gasteiger partial charge in [-0.2, -0.15) is 23.4 Å². The van der Waals surface area contributed by atoms with Gasteiger partial charge in [-0.25, -0.2) is 4.98 Å². The monoisotopic (exact) mass is 482 g/mol. The highest BCUT2D eigenvalue weighted by Crippen LogP contribution is 2.31. The molecule has 0 aromatic carbocycles. The first-order chi connectivity index (χ1) is 15.7. The lowest BCUT2D eigenvalue weighted by atomic mass is 9.97. The van der Waals surface area contributed by atoms with Crippen molar-refractivity contribution in [3.63, 3.8) is 0 Å². The highest BCUT2D eigenvalue weighted by molar-refractivity contribution is 7.09. The topological polar surface area (TPSA) is 66.6 Å². The number of carbonyl (C=O) groups excluding carboxylic acids is 1. The van der Waals surface area contributed by atoms with Gasteiger partial charge >= 0.3 is 6.18 Å². The summed E-state index contributed by atoms with van der Waals surface area (Å²) in [5.41, 5.74) is 1.20. The van der Waals surface area contributed by atoms with Crippen molar-refractivity contribution in [3.8, 4) is 0 Å². The number of alkyl halides is 3. The zero-order valence-electron chi connectivity index (χ0n) is 18.9. The van der Waals surface area contributed by atoms with Gasteiger partial charge in [-0.3, -0.25) is 14.5 Å². The molecule has 11 heteroatoms. The van der Waals surface area contributed by atoms with E-state index in [0.29, 0.717) is 18.8 Å². The predicted molar refractivity (Wildman–Crippen MR) is 120 cm³/mol. The van der Waals surface area contributed by atoms with Crippen LogP contribution in [0, 0.1) is 6.92 Å². The maximum Gasteiger partial charge on any atom is 0.435 e. The van der Waals surface area contributed by atoms with Crippen molar-refractivity contribution in [2.45, 2.75) is 64.6 Å². The van der Waals surface area contributed by atoms with Gasteiger partial charge in [0, 0.05) is 43.2 Å². The van der Waals surface area contributed by atoms with E-state index < -0.39 is 11.9 Å². The van der Waals surface area contributed by atoms with Crippen LogP contribution in [0.15, 0.2) is 16.5 Å². The number of hydrogen-bond acceptors (Lipinski definition) is 6. The van der Waals surface area contributed by atoms with Gasteiger partial charge in [-0.05, 0) is 52.0 Å². The number of aromatic nitrogens is 3. The first-order valence-electron chi connectivity index (χ1n) is 11.4. The Balaban J connectivity index is 1.31. The Morgan fingerprint density at radius 2 is 1.88 bits per heavy atom. The number of aryl methyl sites for hydroxylation is 1. The fourth-order valence-corrected chi connectivity index (χ4v) is 5.33. The van der Waals surface area contributed by atoms with Crippen LogP contribution in [0.3, 0.4) is 0 Å². The molecule has 0 bridgehead atoms. The Kier molecular flexibility index (Phi) is 7.06. The Bertz CT molecular complexity index is 1000. The standard InChI is InChI=1S/C22H29F3N6OS/c1-15-12-19(22(23,24)25)28-31(15)13-20(32)29-10-6-17(7-11-29)21-26-18(14-33-21)16(2)27-30-8-4-3-5-9-30/h12,14,17H,3-11,13H2,1-2H3/b27-16+. The minimum atomic E-state index is -4.51. The van der Waals surface area contributed by atoms with E-state index in [4.69, 9.17) is 10.1 Å². The molecule has 2 fully saturated rings. The van der Waals surface area contributed by atoms with Gasteiger partial charge in [0.1, 0.15) is 6.54 Å². The molecule has 2 aromatic heterocycles. The minimum Gasteiger partial charge on any atom is -0.341 e. The SMILES string of the molecule is C/C(=N\N1CCCCC1)c1csc(C2CCN(C(=O)Cn3nc(C(F)(F)F)cc3C)CC2)n1. The second-order valence-corrected chi connectivity index (χ2v) is 9.64. The van der Waals surface area contributed by atoms with Gasteiger partial charge in [-0.15, -0.1) is 11.3 Å². The minimum absolute atomic E-state index is 0.180. The van der Waals surface area contributed by atoms with Gasteiger partial charge in [0.25, 0.3) is 0 Å². The number of piperidine rings is 2. The van der Waals surface area contributed by atoms with Gasteiger partial charge in [0.15, 0.2) is 5.69 Å². The first-order valence-corrected chi connectivity index (χ1v) is 12.2. The lowest BCUT2D eigenvalue weighted by Crippen LogP contribution is -2.40. The zero-order valence-corrected chi connectivity index (χ0v) is 19.8. The molecule has 180 valence electrons. The third-order valence-corrected chi connectivity index (χ3v) is 7.28. The molecule has 1 amide bonds. The molecule has 2 saturated heterocycles. The van der Waals surface area contributed by atoms with E-state index in [9.17, 15) is 18.0 Å². The third-order valence-electron chi connectivity index (χ3n) is 6.27. The van der Waals surface area contributed by atoms with Crippen molar-refractivity contribution in [1.29, 1.82) is 0 Å². The molecule has 4 rings (SSSR count). The van der Waals surface area contributed by atoms with Crippen LogP contribution >= 0.6 is 11.3 Å². The summed E-state index contributed by atoms with van der Waals surface area (Å²) in [5, 5.41) is 13.5. The zero-order chi connectivity index (χ0) is 23.6. The largest absolute Gasteiger partial charge is 0.435 e. The summed E-state index contributed by atoms with van der Waals surface area (Å²) in [5.74, 6) is 0.0663. The maximum atomic E-state index is 12.9. The Morgan fingerprint density at radius 1 is 1.18 bits per heavy atom. The molecular formula is C22H29F3N6OS. The molecule has 0 unspecified atom stereocenters. The van der Waals surface area contributed by atoms with Crippen molar-refractivity contribution >= 4 is 23.0 Å². The molecule has 2 aliphatic heterocycles. The van der Waals surface area contributed by atoms with Gasteiger partial charge in [0.05, 0.1) is 16.4 Å². The van der Waals surface area contributed by atoms with Gasteiger partial charge < -0.3 is 4.90 Å². The first kappa shape index (κ1) is 23.7. The third kappa shape index (κ3) is 5.74. The molecule has 0 aliphatic carbocycles. The Hall–Kier alpha value is -2.43. The average molecular weight is 483 g/mol. The summed E-state index contributed by atoms with van der Waals surface area (Å²) in [6.07, 6.45) is 0.684. The summed E-state index contributed by atoms with van der Waals surface area (Å²) < 4.78 is 39.7. The summed E-state index contributed by atoms with van der Waals surface area (Å²) in [7, 11) is 0. The summed E-state index contributed by atoms with van der Waals surface area (Å²) in [4.78, 5) is 19.2.